The number of carbonyl (C=O) groups excluding carboxylic acids is 1. The molecule has 7 nitrogen and oxygen atoms in total. The van der Waals surface area contributed by atoms with Gasteiger partial charge in [-0.25, -0.2) is 4.98 Å². The molecule has 84 valence electrons. The summed E-state index contributed by atoms with van der Waals surface area (Å²) in [7, 11) is 3.45. The van der Waals surface area contributed by atoms with E-state index in [0.717, 1.165) is 0 Å². The Balaban J connectivity index is 2.24. The van der Waals surface area contributed by atoms with Crippen LogP contribution in [0, 0.1) is 0 Å². The molecule has 3 N–H and O–H groups in total. The molecular formula is C9H12N6O. The van der Waals surface area contributed by atoms with Gasteiger partial charge in [-0.1, -0.05) is 0 Å². The third-order valence-corrected chi connectivity index (χ3v) is 2.25. The Bertz CT molecular complexity index is 506. The number of nitrogens with two attached hydrogens (primary N) is 1. The van der Waals surface area contributed by atoms with Gasteiger partial charge in [-0.05, 0) is 0 Å². The van der Waals surface area contributed by atoms with E-state index in [-0.39, 0.29) is 5.91 Å². The minimum atomic E-state index is -0.268. The fraction of sp³-hybridized carbons (Fsp3) is 0.222. The maximum Gasteiger partial charge on any atom is 0.275 e. The zero-order valence-corrected chi connectivity index (χ0v) is 9.01. The van der Waals surface area contributed by atoms with Gasteiger partial charge in [0.25, 0.3) is 5.91 Å². The van der Waals surface area contributed by atoms with Crippen LogP contribution in [0.25, 0.3) is 0 Å². The van der Waals surface area contributed by atoms with Gasteiger partial charge in [0.05, 0.1) is 24.4 Å². The monoisotopic (exact) mass is 220 g/mol. The summed E-state index contributed by atoms with van der Waals surface area (Å²) in [5.41, 5.74) is 6.55. The maximum atomic E-state index is 11.8. The van der Waals surface area contributed by atoms with E-state index < -0.39 is 0 Å². The smallest absolute Gasteiger partial charge is 0.275 e. The van der Waals surface area contributed by atoms with Crippen molar-refractivity contribution in [2.75, 3.05) is 11.1 Å². The number of rotatable bonds is 2. The van der Waals surface area contributed by atoms with Gasteiger partial charge in [-0.3, -0.25) is 9.48 Å². The summed E-state index contributed by atoms with van der Waals surface area (Å²) in [5, 5.41) is 6.60. The van der Waals surface area contributed by atoms with E-state index in [1.165, 1.54) is 17.1 Å². The van der Waals surface area contributed by atoms with Crippen molar-refractivity contribution >= 4 is 17.4 Å². The lowest BCUT2D eigenvalue weighted by atomic mass is 10.4. The summed E-state index contributed by atoms with van der Waals surface area (Å²) in [6.45, 7) is 0. The lowest BCUT2D eigenvalue weighted by molar-refractivity contribution is 0.101. The number of amides is 1. The van der Waals surface area contributed by atoms with Gasteiger partial charge in [-0.15, -0.1) is 0 Å². The number of hydrogen-bond acceptors (Lipinski definition) is 4. The molecule has 0 aliphatic heterocycles. The zero-order chi connectivity index (χ0) is 11.7. The van der Waals surface area contributed by atoms with Crippen molar-refractivity contribution in [1.29, 1.82) is 0 Å². The van der Waals surface area contributed by atoms with Gasteiger partial charge in [0.2, 0.25) is 0 Å². The molecule has 2 heterocycles. The molecule has 16 heavy (non-hydrogen) atoms. The molecule has 2 rings (SSSR count). The molecule has 2 aromatic rings. The normalized spacial score (nSPS) is 10.4. The van der Waals surface area contributed by atoms with Crippen LogP contribution in [0.1, 0.15) is 10.5 Å². The fourth-order valence-electron chi connectivity index (χ4n) is 1.36. The molecular weight excluding hydrogens is 208 g/mol. The number of anilines is 2. The van der Waals surface area contributed by atoms with E-state index in [0.29, 0.717) is 17.2 Å². The summed E-state index contributed by atoms with van der Waals surface area (Å²) in [4.78, 5) is 15.7. The highest BCUT2D eigenvalue weighted by Crippen LogP contribution is 2.16. The number of aryl methyl sites for hydroxylation is 2. The minimum Gasteiger partial charge on any atom is -0.394 e. The first-order valence-corrected chi connectivity index (χ1v) is 4.64. The molecule has 0 aliphatic rings. The van der Waals surface area contributed by atoms with E-state index >= 15 is 0 Å². The van der Waals surface area contributed by atoms with E-state index in [4.69, 9.17) is 5.73 Å². The standard InChI is InChI=1S/C9H12N6O/c1-14-5-11-4-7(14)9(16)13-8-6(10)3-12-15(8)2/h3-5H,10H2,1-2H3,(H,13,16). The van der Waals surface area contributed by atoms with Gasteiger partial charge >= 0.3 is 0 Å². The molecule has 0 spiro atoms. The Hall–Kier alpha value is -2.31. The molecule has 0 atom stereocenters. The number of aromatic nitrogens is 4. The molecule has 0 radical (unpaired) electrons. The van der Waals surface area contributed by atoms with Crippen LogP contribution >= 0.6 is 0 Å². The predicted octanol–water partition coefficient (Wildman–Crippen LogP) is -0.0119. The van der Waals surface area contributed by atoms with Crippen LogP contribution in [0.4, 0.5) is 11.5 Å². The van der Waals surface area contributed by atoms with Crippen LogP contribution < -0.4 is 11.1 Å². The van der Waals surface area contributed by atoms with Crippen molar-refractivity contribution in [2.24, 2.45) is 14.1 Å². The Labute approximate surface area is 91.9 Å². The number of nitrogen functional groups attached to an aromatic ring is 1. The minimum absolute atomic E-state index is 0.268. The molecule has 0 aromatic carbocycles. The SMILES string of the molecule is Cn1cncc1C(=O)Nc1c(N)cnn1C. The zero-order valence-electron chi connectivity index (χ0n) is 9.01. The Kier molecular flexibility index (Phi) is 2.35. The number of carbonyl (C=O) groups is 1. The summed E-state index contributed by atoms with van der Waals surface area (Å²) in [6, 6.07) is 0. The Morgan fingerprint density at radius 3 is 2.69 bits per heavy atom. The van der Waals surface area contributed by atoms with Crippen LogP contribution in [-0.4, -0.2) is 25.2 Å². The largest absolute Gasteiger partial charge is 0.394 e. The van der Waals surface area contributed by atoms with Gasteiger partial charge < -0.3 is 15.6 Å². The third kappa shape index (κ3) is 1.62. The van der Waals surface area contributed by atoms with Crippen LogP contribution in [-0.2, 0) is 14.1 Å². The lowest BCUT2D eigenvalue weighted by Crippen LogP contribution is -2.18. The van der Waals surface area contributed by atoms with E-state index in [1.54, 1.807) is 25.0 Å². The number of imidazole rings is 1. The second kappa shape index (κ2) is 3.69. The molecule has 0 fully saturated rings. The van der Waals surface area contributed by atoms with Crippen molar-refractivity contribution in [3.63, 3.8) is 0 Å². The van der Waals surface area contributed by atoms with Crippen LogP contribution in [0.15, 0.2) is 18.7 Å². The second-order valence-electron chi connectivity index (χ2n) is 3.42. The summed E-state index contributed by atoms with van der Waals surface area (Å²) >= 11 is 0. The third-order valence-electron chi connectivity index (χ3n) is 2.25. The first kappa shape index (κ1) is 10.2. The molecule has 0 saturated heterocycles. The molecule has 1 amide bonds. The van der Waals surface area contributed by atoms with Crippen molar-refractivity contribution in [1.82, 2.24) is 19.3 Å². The topological polar surface area (TPSA) is 90.8 Å². The molecule has 0 unspecified atom stereocenters. The summed E-state index contributed by atoms with van der Waals surface area (Å²) in [6.07, 6.45) is 4.53. The molecule has 2 aromatic heterocycles. The quantitative estimate of drug-likeness (QED) is 0.744. The molecule has 7 heteroatoms. The first-order chi connectivity index (χ1) is 7.59. The Morgan fingerprint density at radius 2 is 2.19 bits per heavy atom. The highest BCUT2D eigenvalue weighted by molar-refractivity contribution is 6.03. The van der Waals surface area contributed by atoms with Gasteiger partial charge in [-0.2, -0.15) is 5.10 Å². The maximum absolute atomic E-state index is 11.8. The number of nitrogens with one attached hydrogen (secondary N) is 1. The highest BCUT2D eigenvalue weighted by atomic mass is 16.2. The summed E-state index contributed by atoms with van der Waals surface area (Å²) in [5.74, 6) is 0.210. The van der Waals surface area contributed by atoms with Crippen LogP contribution in [0.3, 0.4) is 0 Å². The van der Waals surface area contributed by atoms with Gasteiger partial charge in [0, 0.05) is 14.1 Å². The second-order valence-corrected chi connectivity index (χ2v) is 3.42. The van der Waals surface area contributed by atoms with Crippen molar-refractivity contribution in [3.05, 3.63) is 24.4 Å². The average Bonchev–Trinajstić information content (AvgIpc) is 2.79. The van der Waals surface area contributed by atoms with E-state index in [9.17, 15) is 4.79 Å². The van der Waals surface area contributed by atoms with E-state index in [1.807, 2.05) is 0 Å². The van der Waals surface area contributed by atoms with Gasteiger partial charge in [0.1, 0.15) is 5.69 Å². The first-order valence-electron chi connectivity index (χ1n) is 4.64. The molecule has 0 saturated carbocycles. The van der Waals surface area contributed by atoms with Crippen molar-refractivity contribution in [2.45, 2.75) is 0 Å². The average molecular weight is 220 g/mol. The fourth-order valence-corrected chi connectivity index (χ4v) is 1.36. The van der Waals surface area contributed by atoms with Gasteiger partial charge in [0.15, 0.2) is 5.82 Å². The summed E-state index contributed by atoms with van der Waals surface area (Å²) < 4.78 is 3.13. The molecule has 0 aliphatic carbocycles. The molecule has 0 bridgehead atoms. The van der Waals surface area contributed by atoms with Crippen molar-refractivity contribution in [3.8, 4) is 0 Å². The number of nitrogens with zero attached hydrogens (tertiary/aromatic N) is 4. The predicted molar refractivity (Wildman–Crippen MR) is 58.8 cm³/mol. The Morgan fingerprint density at radius 1 is 1.44 bits per heavy atom. The number of hydrogen-bond donors (Lipinski definition) is 2. The lowest BCUT2D eigenvalue weighted by Gasteiger charge is -2.06. The van der Waals surface area contributed by atoms with Crippen LogP contribution in [0.5, 0.6) is 0 Å². The van der Waals surface area contributed by atoms with Crippen molar-refractivity contribution < 1.29 is 4.79 Å². The van der Waals surface area contributed by atoms with Crippen LogP contribution in [0.2, 0.25) is 0 Å². The van der Waals surface area contributed by atoms with E-state index in [2.05, 4.69) is 15.4 Å². The highest BCUT2D eigenvalue weighted by Gasteiger charge is 2.13.